The van der Waals surface area contributed by atoms with Crippen LogP contribution in [0.15, 0.2) is 42.7 Å². The molecule has 0 atom stereocenters. The van der Waals surface area contributed by atoms with Crippen molar-refractivity contribution in [1.29, 1.82) is 0 Å². The van der Waals surface area contributed by atoms with Gasteiger partial charge in [0.2, 0.25) is 0 Å². The lowest BCUT2D eigenvalue weighted by Gasteiger charge is -2.30. The molecule has 158 valence electrons. The second-order valence-electron chi connectivity index (χ2n) is 7.27. The molecule has 0 amide bonds. The zero-order valence-electron chi connectivity index (χ0n) is 17.6. The molecule has 0 saturated heterocycles. The molecule has 0 radical (unpaired) electrons. The Hall–Kier alpha value is -3.26. The zero-order valence-corrected chi connectivity index (χ0v) is 17.6. The van der Waals surface area contributed by atoms with Crippen molar-refractivity contribution in [2.45, 2.75) is 45.7 Å². The lowest BCUT2D eigenvalue weighted by atomic mass is 9.83. The Morgan fingerprint density at radius 2 is 1.83 bits per heavy atom. The van der Waals surface area contributed by atoms with Crippen LogP contribution < -0.4 is 16.4 Å². The van der Waals surface area contributed by atoms with Crippen molar-refractivity contribution in [3.8, 4) is 0 Å². The molecule has 0 saturated carbocycles. The summed E-state index contributed by atoms with van der Waals surface area (Å²) in [4.78, 5) is 19.8. The van der Waals surface area contributed by atoms with E-state index < -0.39 is 10.5 Å². The maximum absolute atomic E-state index is 11.5. The molecule has 1 aromatic heterocycles. The number of nitrogens with two attached hydrogens (primary N) is 1. The van der Waals surface area contributed by atoms with E-state index in [1.807, 2.05) is 25.1 Å². The van der Waals surface area contributed by atoms with E-state index >= 15 is 0 Å². The fraction of sp³-hybridized carbons (Fsp3) is 0.364. The molecule has 1 heterocycles. The Balaban J connectivity index is 1.98. The highest BCUT2D eigenvalue weighted by atomic mass is 16.6. The summed E-state index contributed by atoms with van der Waals surface area (Å²) in [6.07, 6.45) is 3.12. The van der Waals surface area contributed by atoms with Crippen LogP contribution in [0.5, 0.6) is 0 Å². The molecular weight excluding hydrogens is 380 g/mol. The molecule has 30 heavy (non-hydrogen) atoms. The summed E-state index contributed by atoms with van der Waals surface area (Å²) in [5.74, 6) is 0.552. The summed E-state index contributed by atoms with van der Waals surface area (Å²) < 4.78 is 0. The monoisotopic (exact) mass is 408 g/mol. The number of hydrogen-bond acceptors (Lipinski definition) is 7. The van der Waals surface area contributed by atoms with Gasteiger partial charge in [0.25, 0.3) is 5.69 Å². The summed E-state index contributed by atoms with van der Waals surface area (Å²) in [6, 6.07) is 11.3. The lowest BCUT2D eigenvalue weighted by Crippen LogP contribution is -2.36. The third-order valence-electron chi connectivity index (χ3n) is 5.58. The first kappa shape index (κ1) is 21.4. The third-order valence-corrected chi connectivity index (χ3v) is 5.58. The van der Waals surface area contributed by atoms with Crippen LogP contribution in [0.2, 0.25) is 0 Å². The Morgan fingerprint density at radius 1 is 1.10 bits per heavy atom. The first-order chi connectivity index (χ1) is 14.4. The normalized spacial score (nSPS) is 11.5. The maximum atomic E-state index is 11.5. The second kappa shape index (κ2) is 9.04. The number of aromatic nitrogens is 2. The van der Waals surface area contributed by atoms with Gasteiger partial charge >= 0.3 is 0 Å². The predicted octanol–water partition coefficient (Wildman–Crippen LogP) is 4.56. The average molecular weight is 409 g/mol. The van der Waals surface area contributed by atoms with Gasteiger partial charge in [-0.05, 0) is 37.0 Å². The van der Waals surface area contributed by atoms with Gasteiger partial charge in [0.15, 0.2) is 0 Å². The molecule has 4 N–H and O–H groups in total. The van der Waals surface area contributed by atoms with Gasteiger partial charge in [-0.15, -0.1) is 0 Å². The molecule has 0 spiro atoms. The van der Waals surface area contributed by atoms with E-state index in [9.17, 15) is 10.1 Å². The van der Waals surface area contributed by atoms with Crippen LogP contribution in [-0.4, -0.2) is 21.4 Å². The summed E-state index contributed by atoms with van der Waals surface area (Å²) in [7, 11) is 0. The van der Waals surface area contributed by atoms with Gasteiger partial charge in [-0.25, -0.2) is 9.97 Å². The van der Waals surface area contributed by atoms with Crippen molar-refractivity contribution in [1.82, 2.24) is 9.97 Å². The van der Waals surface area contributed by atoms with Crippen LogP contribution in [0.1, 0.15) is 44.7 Å². The van der Waals surface area contributed by atoms with Crippen molar-refractivity contribution in [2.24, 2.45) is 5.73 Å². The van der Waals surface area contributed by atoms with E-state index in [1.165, 1.54) is 12.4 Å². The maximum Gasteiger partial charge on any atom is 0.293 e. The number of rotatable bonds is 9. The highest BCUT2D eigenvalue weighted by Crippen LogP contribution is 2.33. The summed E-state index contributed by atoms with van der Waals surface area (Å²) in [5.41, 5.74) is 9.51. The van der Waals surface area contributed by atoms with Gasteiger partial charge < -0.3 is 16.4 Å². The van der Waals surface area contributed by atoms with Crippen molar-refractivity contribution in [3.05, 3.63) is 64.0 Å². The zero-order chi connectivity index (χ0) is 21.7. The topological polar surface area (TPSA) is 119 Å². The van der Waals surface area contributed by atoms with Gasteiger partial charge in [-0.1, -0.05) is 38.1 Å². The fourth-order valence-corrected chi connectivity index (χ4v) is 3.69. The number of nitrogens with one attached hydrogen (secondary N) is 2. The second-order valence-corrected chi connectivity index (χ2v) is 7.27. The third kappa shape index (κ3) is 4.18. The minimum absolute atomic E-state index is 0.000501. The quantitative estimate of drug-likeness (QED) is 0.351. The van der Waals surface area contributed by atoms with Crippen LogP contribution in [-0.2, 0) is 12.1 Å². The van der Waals surface area contributed by atoms with E-state index in [2.05, 4.69) is 40.5 Å². The SMILES string of the molecule is CCNc1cc2ncnc(NCc3ccccc3C(N)(CC)CC)c2cc1[N+](=O)[O-]. The van der Waals surface area contributed by atoms with E-state index in [0.717, 1.165) is 24.0 Å². The smallest absolute Gasteiger partial charge is 0.293 e. The number of hydrogen-bond donors (Lipinski definition) is 3. The highest BCUT2D eigenvalue weighted by molar-refractivity contribution is 5.94. The molecule has 0 fully saturated rings. The van der Waals surface area contributed by atoms with Crippen LogP contribution in [0.25, 0.3) is 10.9 Å². The molecule has 8 nitrogen and oxygen atoms in total. The van der Waals surface area contributed by atoms with Crippen molar-refractivity contribution in [3.63, 3.8) is 0 Å². The molecule has 0 aliphatic carbocycles. The van der Waals surface area contributed by atoms with Crippen molar-refractivity contribution >= 4 is 28.1 Å². The molecule has 3 aromatic rings. The Bertz CT molecular complexity index is 1050. The van der Waals surface area contributed by atoms with E-state index in [1.54, 1.807) is 6.07 Å². The summed E-state index contributed by atoms with van der Waals surface area (Å²) in [6.45, 7) is 7.15. The van der Waals surface area contributed by atoms with Crippen LogP contribution in [0.3, 0.4) is 0 Å². The molecule has 8 heteroatoms. The van der Waals surface area contributed by atoms with Crippen molar-refractivity contribution < 1.29 is 4.92 Å². The number of benzene rings is 2. The van der Waals surface area contributed by atoms with Gasteiger partial charge in [0, 0.05) is 30.1 Å². The first-order valence-electron chi connectivity index (χ1n) is 10.2. The first-order valence-corrected chi connectivity index (χ1v) is 10.2. The fourth-order valence-electron chi connectivity index (χ4n) is 3.69. The Kier molecular flexibility index (Phi) is 6.47. The number of nitro groups is 1. The number of nitrogens with zero attached hydrogens (tertiary/aromatic N) is 3. The largest absolute Gasteiger partial charge is 0.380 e. The van der Waals surface area contributed by atoms with Gasteiger partial charge in [-0.2, -0.15) is 0 Å². The number of fused-ring (bicyclic) bond motifs is 1. The summed E-state index contributed by atoms with van der Waals surface area (Å²) >= 11 is 0. The van der Waals surface area contributed by atoms with Crippen LogP contribution in [0, 0.1) is 10.1 Å². The predicted molar refractivity (Wildman–Crippen MR) is 121 cm³/mol. The summed E-state index contributed by atoms with van der Waals surface area (Å²) in [5, 5.41) is 18.5. The standard InChI is InChI=1S/C22H28N6O2/c1-4-22(23,5-2)17-10-8-7-9-15(17)13-25-21-16-11-20(28(29)30)19(24-6-3)12-18(16)26-14-27-21/h7-12,14,24H,4-6,13,23H2,1-3H3,(H,25,26,27). The lowest BCUT2D eigenvalue weighted by molar-refractivity contribution is -0.383. The molecular formula is C22H28N6O2. The molecule has 3 rings (SSSR count). The minimum atomic E-state index is -0.397. The van der Waals surface area contributed by atoms with Crippen LogP contribution >= 0.6 is 0 Å². The Labute approximate surface area is 176 Å². The molecule has 2 aromatic carbocycles. The van der Waals surface area contributed by atoms with E-state index in [-0.39, 0.29) is 5.69 Å². The molecule has 0 aliphatic heterocycles. The van der Waals surface area contributed by atoms with Gasteiger partial charge in [0.05, 0.1) is 10.4 Å². The average Bonchev–Trinajstić information content (AvgIpc) is 2.76. The highest BCUT2D eigenvalue weighted by Gasteiger charge is 2.25. The molecule has 0 bridgehead atoms. The minimum Gasteiger partial charge on any atom is -0.380 e. The molecule has 0 unspecified atom stereocenters. The van der Waals surface area contributed by atoms with Crippen molar-refractivity contribution in [2.75, 3.05) is 17.2 Å². The van der Waals surface area contributed by atoms with Gasteiger partial charge in [-0.3, -0.25) is 10.1 Å². The van der Waals surface area contributed by atoms with E-state index in [0.29, 0.717) is 35.5 Å². The van der Waals surface area contributed by atoms with Crippen LogP contribution in [0.4, 0.5) is 17.2 Å². The Morgan fingerprint density at radius 3 is 2.50 bits per heavy atom. The van der Waals surface area contributed by atoms with E-state index in [4.69, 9.17) is 5.73 Å². The molecule has 0 aliphatic rings. The number of nitro benzene ring substituents is 1. The van der Waals surface area contributed by atoms with Gasteiger partial charge in [0.1, 0.15) is 17.8 Å². The number of anilines is 2.